The van der Waals surface area contributed by atoms with Crippen LogP contribution in [0, 0.1) is 5.92 Å². The Labute approximate surface area is 190 Å². The lowest BCUT2D eigenvalue weighted by Crippen LogP contribution is -2.60. The van der Waals surface area contributed by atoms with Gasteiger partial charge in [-0.25, -0.2) is 14.4 Å². The minimum atomic E-state index is -1.29. The topological polar surface area (TPSA) is 154 Å². The minimum absolute atomic E-state index is 0.0220. The highest BCUT2D eigenvalue weighted by Gasteiger charge is 2.35. The maximum Gasteiger partial charge on any atom is 0.405 e. The van der Waals surface area contributed by atoms with Gasteiger partial charge < -0.3 is 25.0 Å². The standard InChI is InChI=1S/C21H28N6O6/c1-21(2,24-20(32)33)17(29)25-9-11-26(12-10-25)18(30)22-16-7-8-27(19(31)23-16)15-5-3-14(13-28)4-6-15/h5,7-8,13-14,24H,3-4,6,9-12H2,1-2H3,(H,32,33)(H,22,23,30,31). The van der Waals surface area contributed by atoms with Crippen molar-refractivity contribution in [2.75, 3.05) is 31.5 Å². The summed E-state index contributed by atoms with van der Waals surface area (Å²) in [6, 6.07) is 1.09. The summed E-state index contributed by atoms with van der Waals surface area (Å²) in [6.07, 6.45) is 4.91. The molecule has 178 valence electrons. The number of anilines is 1. The molecule has 1 saturated heterocycles. The van der Waals surface area contributed by atoms with Crippen molar-refractivity contribution in [1.29, 1.82) is 0 Å². The first-order valence-electron chi connectivity index (χ1n) is 10.7. The van der Waals surface area contributed by atoms with E-state index >= 15 is 0 Å². The number of carbonyl (C=O) groups excluding carboxylic acids is 3. The number of aromatic nitrogens is 2. The van der Waals surface area contributed by atoms with Gasteiger partial charge in [0.1, 0.15) is 17.6 Å². The number of amides is 4. The van der Waals surface area contributed by atoms with Gasteiger partial charge in [-0.05, 0) is 39.2 Å². The first-order chi connectivity index (χ1) is 15.6. The summed E-state index contributed by atoms with van der Waals surface area (Å²) in [6.45, 7) is 3.98. The molecule has 3 rings (SSSR count). The van der Waals surface area contributed by atoms with E-state index < -0.39 is 23.4 Å². The molecular weight excluding hydrogens is 432 g/mol. The summed E-state index contributed by atoms with van der Waals surface area (Å²) in [5, 5.41) is 13.7. The van der Waals surface area contributed by atoms with E-state index in [0.29, 0.717) is 19.3 Å². The molecule has 33 heavy (non-hydrogen) atoms. The van der Waals surface area contributed by atoms with Gasteiger partial charge >= 0.3 is 17.8 Å². The van der Waals surface area contributed by atoms with Crippen LogP contribution in [0.2, 0.25) is 0 Å². The Balaban J connectivity index is 1.56. The third kappa shape index (κ3) is 5.76. The molecule has 0 radical (unpaired) electrons. The molecule has 1 aromatic rings. The Bertz CT molecular complexity index is 1020. The van der Waals surface area contributed by atoms with Crippen LogP contribution in [0.5, 0.6) is 0 Å². The predicted molar refractivity (Wildman–Crippen MR) is 119 cm³/mol. The van der Waals surface area contributed by atoms with E-state index in [9.17, 15) is 24.0 Å². The van der Waals surface area contributed by atoms with Gasteiger partial charge in [-0.15, -0.1) is 0 Å². The fourth-order valence-electron chi connectivity index (χ4n) is 3.89. The first-order valence-corrected chi connectivity index (χ1v) is 10.7. The Morgan fingerprint density at radius 3 is 2.39 bits per heavy atom. The van der Waals surface area contributed by atoms with Crippen molar-refractivity contribution in [2.45, 2.75) is 38.6 Å². The highest BCUT2D eigenvalue weighted by Crippen LogP contribution is 2.24. The van der Waals surface area contributed by atoms with Crippen molar-refractivity contribution in [3.05, 3.63) is 28.8 Å². The van der Waals surface area contributed by atoms with Crippen LogP contribution in [0.15, 0.2) is 23.1 Å². The molecule has 1 aliphatic carbocycles. The molecule has 1 aromatic heterocycles. The molecule has 0 bridgehead atoms. The zero-order valence-electron chi connectivity index (χ0n) is 18.6. The van der Waals surface area contributed by atoms with Crippen LogP contribution in [0.4, 0.5) is 15.4 Å². The second kappa shape index (κ2) is 9.84. The van der Waals surface area contributed by atoms with Crippen LogP contribution in [-0.4, -0.2) is 80.5 Å². The van der Waals surface area contributed by atoms with Crippen LogP contribution in [0.3, 0.4) is 0 Å². The molecule has 1 unspecified atom stereocenters. The zero-order chi connectivity index (χ0) is 24.2. The number of rotatable bonds is 5. The van der Waals surface area contributed by atoms with Gasteiger partial charge in [0.15, 0.2) is 0 Å². The number of carboxylic acid groups (broad SMARTS) is 1. The summed E-state index contributed by atoms with van der Waals surface area (Å²) >= 11 is 0. The van der Waals surface area contributed by atoms with Crippen molar-refractivity contribution in [1.82, 2.24) is 24.7 Å². The van der Waals surface area contributed by atoms with Crippen molar-refractivity contribution in [3.63, 3.8) is 0 Å². The number of aldehydes is 1. The molecule has 2 aliphatic rings. The third-order valence-electron chi connectivity index (χ3n) is 5.78. The van der Waals surface area contributed by atoms with Crippen LogP contribution < -0.4 is 16.3 Å². The van der Waals surface area contributed by atoms with Gasteiger partial charge in [0.2, 0.25) is 5.91 Å². The number of hydrogen-bond acceptors (Lipinski definition) is 6. The molecule has 0 aromatic carbocycles. The van der Waals surface area contributed by atoms with Gasteiger partial charge in [0.25, 0.3) is 0 Å². The fourth-order valence-corrected chi connectivity index (χ4v) is 3.89. The first kappa shape index (κ1) is 24.0. The summed E-state index contributed by atoms with van der Waals surface area (Å²) in [5.74, 6) is -0.272. The van der Waals surface area contributed by atoms with Crippen LogP contribution in [0.25, 0.3) is 5.70 Å². The second-order valence-electron chi connectivity index (χ2n) is 8.60. The lowest BCUT2D eigenvalue weighted by atomic mass is 9.94. The Morgan fingerprint density at radius 2 is 1.85 bits per heavy atom. The van der Waals surface area contributed by atoms with Gasteiger partial charge in [-0.1, -0.05) is 6.08 Å². The molecule has 12 heteroatoms. The molecule has 2 heterocycles. The lowest BCUT2D eigenvalue weighted by molar-refractivity contribution is -0.138. The summed E-state index contributed by atoms with van der Waals surface area (Å²) in [5.41, 5.74) is -1.01. The summed E-state index contributed by atoms with van der Waals surface area (Å²) in [4.78, 5) is 66.3. The van der Waals surface area contributed by atoms with Crippen molar-refractivity contribution >= 4 is 35.8 Å². The smallest absolute Gasteiger partial charge is 0.405 e. The molecule has 0 saturated carbocycles. The van der Waals surface area contributed by atoms with Gasteiger partial charge in [-0.3, -0.25) is 14.7 Å². The predicted octanol–water partition coefficient (Wildman–Crippen LogP) is 0.806. The average molecular weight is 460 g/mol. The Morgan fingerprint density at radius 1 is 1.18 bits per heavy atom. The van der Waals surface area contributed by atoms with E-state index in [0.717, 1.165) is 12.0 Å². The maximum absolute atomic E-state index is 12.6. The number of allylic oxidation sites excluding steroid dienone is 2. The highest BCUT2D eigenvalue weighted by molar-refractivity contribution is 5.90. The lowest BCUT2D eigenvalue weighted by Gasteiger charge is -2.38. The quantitative estimate of drug-likeness (QED) is 0.549. The van der Waals surface area contributed by atoms with Gasteiger partial charge in [0.05, 0.1) is 0 Å². The number of hydrogen-bond donors (Lipinski definition) is 3. The van der Waals surface area contributed by atoms with E-state index in [1.54, 1.807) is 6.20 Å². The van der Waals surface area contributed by atoms with E-state index in [1.165, 1.54) is 34.3 Å². The van der Waals surface area contributed by atoms with Crippen LogP contribution in [-0.2, 0) is 9.59 Å². The van der Waals surface area contributed by atoms with Gasteiger partial charge in [-0.2, -0.15) is 4.98 Å². The minimum Gasteiger partial charge on any atom is -0.465 e. The maximum atomic E-state index is 12.6. The molecule has 1 fully saturated rings. The number of nitrogens with one attached hydrogen (secondary N) is 2. The number of piperazine rings is 1. The van der Waals surface area contributed by atoms with Crippen molar-refractivity contribution < 1.29 is 24.3 Å². The van der Waals surface area contributed by atoms with Crippen molar-refractivity contribution in [2.24, 2.45) is 5.92 Å². The number of nitrogens with zero attached hydrogens (tertiary/aromatic N) is 4. The third-order valence-corrected chi connectivity index (χ3v) is 5.78. The molecule has 1 aliphatic heterocycles. The van der Waals surface area contributed by atoms with Crippen molar-refractivity contribution in [3.8, 4) is 0 Å². The molecule has 4 amide bonds. The Hall–Kier alpha value is -3.70. The monoisotopic (exact) mass is 460 g/mol. The normalized spacial score (nSPS) is 18.8. The van der Waals surface area contributed by atoms with E-state index in [2.05, 4.69) is 15.6 Å². The molecular formula is C21H28N6O6. The van der Waals surface area contributed by atoms with Crippen LogP contribution >= 0.6 is 0 Å². The molecule has 12 nitrogen and oxygen atoms in total. The highest BCUT2D eigenvalue weighted by atomic mass is 16.4. The molecule has 1 atom stereocenters. The average Bonchev–Trinajstić information content (AvgIpc) is 2.78. The number of urea groups is 1. The van der Waals surface area contributed by atoms with E-state index in [-0.39, 0.29) is 43.8 Å². The second-order valence-corrected chi connectivity index (χ2v) is 8.60. The van der Waals surface area contributed by atoms with E-state index in [4.69, 9.17) is 5.11 Å². The van der Waals surface area contributed by atoms with E-state index in [1.807, 2.05) is 6.08 Å². The summed E-state index contributed by atoms with van der Waals surface area (Å²) in [7, 11) is 0. The zero-order valence-corrected chi connectivity index (χ0v) is 18.6. The largest absolute Gasteiger partial charge is 0.465 e. The van der Waals surface area contributed by atoms with Gasteiger partial charge in [0, 0.05) is 44.0 Å². The molecule has 0 spiro atoms. The summed E-state index contributed by atoms with van der Waals surface area (Å²) < 4.78 is 1.41. The SMILES string of the molecule is CC(C)(NC(=O)O)C(=O)N1CCN(C(=O)Nc2ccn(C3=CCC(C=O)CC3)c(=O)n2)CC1. The number of carbonyl (C=O) groups is 4. The van der Waals surface area contributed by atoms with Crippen LogP contribution in [0.1, 0.15) is 33.1 Å². The fraction of sp³-hybridized carbons (Fsp3) is 0.524. The Kier molecular flexibility index (Phi) is 7.14. The molecule has 3 N–H and O–H groups in total.